The van der Waals surface area contributed by atoms with Gasteiger partial charge in [-0.1, -0.05) is 30.7 Å². The van der Waals surface area contributed by atoms with Gasteiger partial charge in [0.15, 0.2) is 0 Å². The third-order valence-electron chi connectivity index (χ3n) is 6.04. The Labute approximate surface area is 167 Å². The fourth-order valence-corrected chi connectivity index (χ4v) is 4.44. The molecule has 1 heterocycles. The number of amides is 3. The number of piperidine rings is 1. The second-order valence-electron chi connectivity index (χ2n) is 8.16. The Balaban J connectivity index is 1.48. The smallest absolute Gasteiger partial charge is 0.315 e. The van der Waals surface area contributed by atoms with Crippen LogP contribution in [0.15, 0.2) is 24.3 Å². The number of nitrogens with one attached hydrogen (secondary N) is 2. The number of rotatable bonds is 7. The molecule has 2 aliphatic rings. The first-order valence-corrected chi connectivity index (χ1v) is 10.4. The minimum absolute atomic E-state index is 0.0461. The summed E-state index contributed by atoms with van der Waals surface area (Å²) in [6, 6.07) is 8.30. The second-order valence-corrected chi connectivity index (χ2v) is 8.16. The van der Waals surface area contributed by atoms with Gasteiger partial charge >= 0.3 is 6.03 Å². The SMILES string of the molecule is NCC1CCCC1NC(=O)NCc1cccc(CN2CCCC(C(N)=O)C2)c1. The van der Waals surface area contributed by atoms with Crippen molar-refractivity contribution in [3.8, 4) is 0 Å². The molecule has 6 N–H and O–H groups in total. The summed E-state index contributed by atoms with van der Waals surface area (Å²) < 4.78 is 0. The topological polar surface area (TPSA) is 113 Å². The molecular formula is C21H33N5O2. The summed E-state index contributed by atoms with van der Waals surface area (Å²) in [5.74, 6) is 0.144. The zero-order chi connectivity index (χ0) is 19.9. The summed E-state index contributed by atoms with van der Waals surface area (Å²) >= 11 is 0. The molecule has 0 aromatic heterocycles. The average Bonchev–Trinajstić information content (AvgIpc) is 3.14. The van der Waals surface area contributed by atoms with Crippen molar-refractivity contribution in [2.75, 3.05) is 19.6 Å². The summed E-state index contributed by atoms with van der Waals surface area (Å²) in [6.45, 7) is 3.62. The highest BCUT2D eigenvalue weighted by atomic mass is 16.2. The van der Waals surface area contributed by atoms with Gasteiger partial charge < -0.3 is 22.1 Å². The molecule has 3 unspecified atom stereocenters. The summed E-state index contributed by atoms with van der Waals surface area (Å²) in [5, 5.41) is 6.02. The Bertz CT molecular complexity index is 681. The van der Waals surface area contributed by atoms with Crippen LogP contribution in [-0.4, -0.2) is 42.5 Å². The van der Waals surface area contributed by atoms with Crippen molar-refractivity contribution in [1.29, 1.82) is 0 Å². The molecule has 7 heteroatoms. The van der Waals surface area contributed by atoms with Crippen LogP contribution in [0.4, 0.5) is 4.79 Å². The van der Waals surface area contributed by atoms with E-state index in [1.54, 1.807) is 0 Å². The van der Waals surface area contributed by atoms with Crippen LogP contribution in [0.25, 0.3) is 0 Å². The van der Waals surface area contributed by atoms with E-state index in [0.29, 0.717) is 19.0 Å². The van der Waals surface area contributed by atoms with Crippen LogP contribution in [0, 0.1) is 11.8 Å². The van der Waals surface area contributed by atoms with E-state index in [4.69, 9.17) is 11.5 Å². The molecule has 0 radical (unpaired) electrons. The lowest BCUT2D eigenvalue weighted by atomic mass is 9.97. The van der Waals surface area contributed by atoms with Gasteiger partial charge in [-0.25, -0.2) is 4.79 Å². The van der Waals surface area contributed by atoms with Crippen LogP contribution in [-0.2, 0) is 17.9 Å². The van der Waals surface area contributed by atoms with Gasteiger partial charge in [-0.3, -0.25) is 9.69 Å². The summed E-state index contributed by atoms with van der Waals surface area (Å²) in [5.41, 5.74) is 13.5. The quantitative estimate of drug-likeness (QED) is 0.565. The Kier molecular flexibility index (Phi) is 7.28. The van der Waals surface area contributed by atoms with Crippen molar-refractivity contribution in [2.45, 2.75) is 51.2 Å². The van der Waals surface area contributed by atoms with Crippen LogP contribution >= 0.6 is 0 Å². The van der Waals surface area contributed by atoms with Gasteiger partial charge in [-0.2, -0.15) is 0 Å². The highest BCUT2D eigenvalue weighted by Crippen LogP contribution is 2.24. The Hall–Kier alpha value is -2.12. The minimum Gasteiger partial charge on any atom is -0.369 e. The van der Waals surface area contributed by atoms with E-state index in [-0.39, 0.29) is 23.9 Å². The second kappa shape index (κ2) is 9.89. The minimum atomic E-state index is -0.201. The molecular weight excluding hydrogens is 354 g/mol. The van der Waals surface area contributed by atoms with E-state index in [9.17, 15) is 9.59 Å². The van der Waals surface area contributed by atoms with Crippen molar-refractivity contribution < 1.29 is 9.59 Å². The number of hydrogen-bond acceptors (Lipinski definition) is 4. The van der Waals surface area contributed by atoms with Gasteiger partial charge in [0.2, 0.25) is 5.91 Å². The molecule has 1 aromatic carbocycles. The van der Waals surface area contributed by atoms with Gasteiger partial charge in [-0.05, 0) is 55.8 Å². The van der Waals surface area contributed by atoms with Crippen molar-refractivity contribution in [1.82, 2.24) is 15.5 Å². The first kappa shape index (κ1) is 20.6. The third-order valence-corrected chi connectivity index (χ3v) is 6.04. The maximum absolute atomic E-state index is 12.2. The van der Waals surface area contributed by atoms with Crippen LogP contribution in [0.2, 0.25) is 0 Å². The molecule has 1 saturated heterocycles. The Morgan fingerprint density at radius 3 is 2.75 bits per heavy atom. The van der Waals surface area contributed by atoms with Gasteiger partial charge in [0.25, 0.3) is 0 Å². The fourth-order valence-electron chi connectivity index (χ4n) is 4.44. The molecule has 3 amide bonds. The highest BCUT2D eigenvalue weighted by Gasteiger charge is 2.27. The molecule has 1 saturated carbocycles. The monoisotopic (exact) mass is 387 g/mol. The number of nitrogens with two attached hydrogens (primary N) is 2. The first-order valence-electron chi connectivity index (χ1n) is 10.4. The first-order chi connectivity index (χ1) is 13.5. The number of primary amides is 1. The Morgan fingerprint density at radius 2 is 1.96 bits per heavy atom. The predicted octanol–water partition coefficient (Wildman–Crippen LogP) is 1.31. The molecule has 1 aliphatic heterocycles. The maximum atomic E-state index is 12.2. The molecule has 1 aromatic rings. The number of benzene rings is 1. The number of urea groups is 1. The van der Waals surface area contributed by atoms with E-state index in [1.165, 1.54) is 5.56 Å². The molecule has 7 nitrogen and oxygen atoms in total. The molecule has 1 aliphatic carbocycles. The summed E-state index contributed by atoms with van der Waals surface area (Å²) in [6.07, 6.45) is 5.11. The fraction of sp³-hybridized carbons (Fsp3) is 0.619. The van der Waals surface area contributed by atoms with E-state index >= 15 is 0 Å². The average molecular weight is 388 g/mol. The molecule has 28 heavy (non-hydrogen) atoms. The van der Waals surface area contributed by atoms with Crippen molar-refractivity contribution in [3.63, 3.8) is 0 Å². The maximum Gasteiger partial charge on any atom is 0.315 e. The van der Waals surface area contributed by atoms with E-state index < -0.39 is 0 Å². The lowest BCUT2D eigenvalue weighted by Gasteiger charge is -2.31. The lowest BCUT2D eigenvalue weighted by Crippen LogP contribution is -2.44. The number of likely N-dealkylation sites (tertiary alicyclic amines) is 1. The van der Waals surface area contributed by atoms with Gasteiger partial charge in [0.05, 0.1) is 5.92 Å². The normalized spacial score (nSPS) is 25.4. The molecule has 154 valence electrons. The van der Waals surface area contributed by atoms with Crippen molar-refractivity contribution >= 4 is 11.9 Å². The van der Waals surface area contributed by atoms with E-state index in [2.05, 4.69) is 27.7 Å². The summed E-state index contributed by atoms with van der Waals surface area (Å²) in [4.78, 5) is 26.0. The van der Waals surface area contributed by atoms with E-state index in [0.717, 1.165) is 57.3 Å². The zero-order valence-electron chi connectivity index (χ0n) is 16.5. The van der Waals surface area contributed by atoms with Gasteiger partial charge in [-0.15, -0.1) is 0 Å². The molecule has 3 rings (SSSR count). The zero-order valence-corrected chi connectivity index (χ0v) is 16.5. The molecule has 0 bridgehead atoms. The third kappa shape index (κ3) is 5.69. The van der Waals surface area contributed by atoms with Crippen LogP contribution < -0.4 is 22.1 Å². The molecule has 3 atom stereocenters. The summed E-state index contributed by atoms with van der Waals surface area (Å²) in [7, 11) is 0. The molecule has 0 spiro atoms. The van der Waals surface area contributed by atoms with E-state index in [1.807, 2.05) is 12.1 Å². The van der Waals surface area contributed by atoms with Crippen molar-refractivity contribution in [2.24, 2.45) is 23.3 Å². The molecule has 2 fully saturated rings. The van der Waals surface area contributed by atoms with Crippen LogP contribution in [0.5, 0.6) is 0 Å². The number of carbonyl (C=O) groups excluding carboxylic acids is 2. The number of hydrogen-bond donors (Lipinski definition) is 4. The highest BCUT2D eigenvalue weighted by molar-refractivity contribution is 5.77. The van der Waals surface area contributed by atoms with Crippen LogP contribution in [0.3, 0.4) is 0 Å². The lowest BCUT2D eigenvalue weighted by molar-refractivity contribution is -0.123. The van der Waals surface area contributed by atoms with Gasteiger partial charge in [0, 0.05) is 25.7 Å². The standard InChI is InChI=1S/C21H33N5O2/c22-11-17-6-2-8-19(17)25-21(28)24-12-15-4-1-5-16(10-15)13-26-9-3-7-18(14-26)20(23)27/h1,4-5,10,17-19H,2-3,6-9,11-14,22H2,(H2,23,27)(H2,24,25,28). The Morgan fingerprint density at radius 1 is 1.14 bits per heavy atom. The predicted molar refractivity (Wildman–Crippen MR) is 109 cm³/mol. The number of nitrogens with zero attached hydrogens (tertiary/aromatic N) is 1. The van der Waals surface area contributed by atoms with Gasteiger partial charge in [0.1, 0.15) is 0 Å². The largest absolute Gasteiger partial charge is 0.369 e. The number of carbonyl (C=O) groups is 2. The van der Waals surface area contributed by atoms with Crippen LogP contribution in [0.1, 0.15) is 43.2 Å². The van der Waals surface area contributed by atoms with Crippen molar-refractivity contribution in [3.05, 3.63) is 35.4 Å².